The Morgan fingerprint density at radius 2 is 1.68 bits per heavy atom. The second-order valence-electron chi connectivity index (χ2n) is 11.1. The first kappa shape index (κ1) is 29.4. The number of nitrogens with zero attached hydrogens (tertiary/aromatic N) is 1. The molecule has 3 aromatic rings. The van der Waals surface area contributed by atoms with Gasteiger partial charge >= 0.3 is 12.1 Å². The highest BCUT2D eigenvalue weighted by Gasteiger charge is 2.28. The number of aliphatic hydroxyl groups is 1. The molecule has 1 fully saturated rings. The third-order valence-electron chi connectivity index (χ3n) is 7.07. The van der Waals surface area contributed by atoms with Crippen LogP contribution in [0.3, 0.4) is 0 Å². The number of nitrogens with one attached hydrogen (secondary N) is 1. The van der Waals surface area contributed by atoms with Gasteiger partial charge in [0.1, 0.15) is 5.60 Å². The molecule has 40 heavy (non-hydrogen) atoms. The van der Waals surface area contributed by atoms with E-state index in [4.69, 9.17) is 21.1 Å². The Morgan fingerprint density at radius 3 is 2.27 bits per heavy atom. The van der Waals surface area contributed by atoms with E-state index in [1.54, 1.807) is 12.1 Å². The topological polar surface area (TPSA) is 88.1 Å². The summed E-state index contributed by atoms with van der Waals surface area (Å²) in [5.74, 6) is -0.292. The van der Waals surface area contributed by atoms with Crippen LogP contribution in [0.15, 0.2) is 66.7 Å². The van der Waals surface area contributed by atoms with Crippen LogP contribution in [0, 0.1) is 5.92 Å². The predicted molar refractivity (Wildman–Crippen MR) is 158 cm³/mol. The number of carbonyl (C=O) groups is 2. The van der Waals surface area contributed by atoms with E-state index in [0.717, 1.165) is 53.9 Å². The Bertz CT molecular complexity index is 1310. The van der Waals surface area contributed by atoms with Crippen molar-refractivity contribution < 1.29 is 24.2 Å². The van der Waals surface area contributed by atoms with Crippen LogP contribution in [-0.2, 0) is 16.0 Å². The maximum absolute atomic E-state index is 12.2. The predicted octanol–water partition coefficient (Wildman–Crippen LogP) is 6.77. The second kappa shape index (κ2) is 12.7. The number of aliphatic hydroxyl groups excluding tert-OH is 1. The van der Waals surface area contributed by atoms with Gasteiger partial charge in [-0.3, -0.25) is 0 Å². The number of hydrogen-bond donors (Lipinski definition) is 2. The zero-order valence-electron chi connectivity index (χ0n) is 23.4. The normalized spacial score (nSPS) is 14.9. The highest BCUT2D eigenvalue weighted by Crippen LogP contribution is 2.38. The van der Waals surface area contributed by atoms with Crippen molar-refractivity contribution in [2.75, 3.05) is 25.1 Å². The van der Waals surface area contributed by atoms with Crippen LogP contribution in [0.1, 0.15) is 61.2 Å². The van der Waals surface area contributed by atoms with Crippen molar-refractivity contribution in [1.82, 2.24) is 5.32 Å². The fraction of sp³-hybridized carbons (Fsp3) is 0.375. The van der Waals surface area contributed by atoms with Crippen LogP contribution in [0.25, 0.3) is 11.1 Å². The molecule has 1 saturated heterocycles. The summed E-state index contributed by atoms with van der Waals surface area (Å²) in [6.07, 6.45) is 0.445. The van der Waals surface area contributed by atoms with E-state index < -0.39 is 17.8 Å². The van der Waals surface area contributed by atoms with Gasteiger partial charge in [-0.15, -0.1) is 0 Å². The van der Waals surface area contributed by atoms with Crippen LogP contribution in [-0.4, -0.2) is 43.0 Å². The molecular formula is C32H37ClN2O5. The summed E-state index contributed by atoms with van der Waals surface area (Å²) in [6, 6.07) is 20.9. The van der Waals surface area contributed by atoms with E-state index in [1.165, 1.54) is 7.11 Å². The van der Waals surface area contributed by atoms with Gasteiger partial charge in [0.25, 0.3) is 0 Å². The minimum atomic E-state index is -0.684. The third kappa shape index (κ3) is 7.55. The molecule has 1 atom stereocenters. The fourth-order valence-corrected chi connectivity index (χ4v) is 5.13. The van der Waals surface area contributed by atoms with Crippen LogP contribution < -0.4 is 10.2 Å². The van der Waals surface area contributed by atoms with E-state index in [1.807, 2.05) is 75.4 Å². The van der Waals surface area contributed by atoms with E-state index in [-0.39, 0.29) is 18.4 Å². The third-order valence-corrected chi connectivity index (χ3v) is 7.32. The van der Waals surface area contributed by atoms with Gasteiger partial charge in [0, 0.05) is 30.3 Å². The zero-order valence-corrected chi connectivity index (χ0v) is 24.2. The van der Waals surface area contributed by atoms with Crippen molar-refractivity contribution >= 4 is 29.4 Å². The molecule has 0 unspecified atom stereocenters. The van der Waals surface area contributed by atoms with Gasteiger partial charge in [-0.05, 0) is 98.2 Å². The molecule has 0 spiro atoms. The maximum Gasteiger partial charge on any atom is 0.407 e. The molecule has 0 aromatic heterocycles. The highest BCUT2D eigenvalue weighted by atomic mass is 35.5. The summed E-state index contributed by atoms with van der Waals surface area (Å²) in [4.78, 5) is 26.2. The van der Waals surface area contributed by atoms with Crippen molar-refractivity contribution in [2.24, 2.45) is 5.92 Å². The first-order chi connectivity index (χ1) is 19.0. The van der Waals surface area contributed by atoms with Crippen LogP contribution in [0.2, 0.25) is 5.02 Å². The maximum atomic E-state index is 12.2. The summed E-state index contributed by atoms with van der Waals surface area (Å²) in [6.45, 7) is 7.33. The zero-order chi connectivity index (χ0) is 28.9. The number of carbonyl (C=O) groups excluding carboxylic acids is 2. The lowest BCUT2D eigenvalue weighted by Gasteiger charge is -2.36. The summed E-state index contributed by atoms with van der Waals surface area (Å²) >= 11 is 6.13. The van der Waals surface area contributed by atoms with E-state index in [0.29, 0.717) is 10.6 Å². The fourth-order valence-electron chi connectivity index (χ4n) is 5.00. The van der Waals surface area contributed by atoms with Crippen LogP contribution in [0.5, 0.6) is 0 Å². The Kier molecular flexibility index (Phi) is 9.38. The molecule has 0 bridgehead atoms. The van der Waals surface area contributed by atoms with Crippen LogP contribution >= 0.6 is 11.6 Å². The van der Waals surface area contributed by atoms with Crippen molar-refractivity contribution in [3.8, 4) is 11.1 Å². The molecule has 2 N–H and O–H groups in total. The van der Waals surface area contributed by atoms with Gasteiger partial charge in [-0.1, -0.05) is 41.9 Å². The smallest absolute Gasteiger partial charge is 0.407 e. The molecule has 4 rings (SSSR count). The van der Waals surface area contributed by atoms with Crippen molar-refractivity contribution in [1.29, 1.82) is 0 Å². The number of piperidine rings is 1. The number of anilines is 1. The Morgan fingerprint density at radius 1 is 1.02 bits per heavy atom. The molecule has 0 aliphatic carbocycles. The van der Waals surface area contributed by atoms with E-state index in [2.05, 4.69) is 10.2 Å². The van der Waals surface area contributed by atoms with Gasteiger partial charge in [0.2, 0.25) is 0 Å². The number of methoxy groups -OCH3 is 1. The summed E-state index contributed by atoms with van der Waals surface area (Å²) < 4.78 is 10.2. The highest BCUT2D eigenvalue weighted by molar-refractivity contribution is 6.30. The summed E-state index contributed by atoms with van der Waals surface area (Å²) in [5, 5.41) is 15.1. The number of hydrogen-bond acceptors (Lipinski definition) is 6. The average molecular weight is 565 g/mol. The van der Waals surface area contributed by atoms with Crippen molar-refractivity contribution in [3.05, 3.63) is 88.4 Å². The number of amides is 1. The van der Waals surface area contributed by atoms with Gasteiger partial charge in [0.15, 0.2) is 0 Å². The number of halogens is 1. The van der Waals surface area contributed by atoms with Crippen LogP contribution in [0.4, 0.5) is 10.5 Å². The monoisotopic (exact) mass is 564 g/mol. The lowest BCUT2D eigenvalue weighted by atomic mass is 9.83. The van der Waals surface area contributed by atoms with Gasteiger partial charge in [-0.25, -0.2) is 9.59 Å². The van der Waals surface area contributed by atoms with E-state index >= 15 is 0 Å². The molecule has 1 aliphatic rings. The number of esters is 1. The van der Waals surface area contributed by atoms with E-state index in [9.17, 15) is 14.7 Å². The molecule has 1 aliphatic heterocycles. The summed E-state index contributed by atoms with van der Waals surface area (Å²) in [7, 11) is 1.37. The van der Waals surface area contributed by atoms with Crippen molar-refractivity contribution in [3.63, 3.8) is 0 Å². The van der Waals surface area contributed by atoms with Gasteiger partial charge in [0.05, 0.1) is 18.8 Å². The lowest BCUT2D eigenvalue weighted by Crippen LogP contribution is -2.35. The molecular weight excluding hydrogens is 528 g/mol. The Balaban J connectivity index is 1.50. The minimum Gasteiger partial charge on any atom is -0.465 e. The standard InChI is InChI=1S/C32H37ClN2O5/c1-32(2,3)40-31(38)34-20-21-5-14-27(22-6-10-25(33)11-7-22)28(19-21)29(36)23-15-17-35(18-16-23)26-12-8-24(9-13-26)30(37)39-4/h5-14,19,23,29,36H,15-18,20H2,1-4H3,(H,34,38)/t29-/m1/s1. The number of ether oxygens (including phenoxy) is 2. The molecule has 1 heterocycles. The largest absolute Gasteiger partial charge is 0.465 e. The van der Waals surface area contributed by atoms with Gasteiger partial charge < -0.3 is 24.8 Å². The first-order valence-corrected chi connectivity index (χ1v) is 13.9. The Hall–Kier alpha value is -3.55. The molecule has 0 saturated carbocycles. The number of rotatable bonds is 7. The SMILES string of the molecule is COC(=O)c1ccc(N2CCC([C@@H](O)c3cc(CNC(=O)OC(C)(C)C)ccc3-c3ccc(Cl)cc3)CC2)cc1. The molecule has 212 valence electrons. The number of alkyl carbamates (subject to hydrolysis) is 1. The first-order valence-electron chi connectivity index (χ1n) is 13.5. The lowest BCUT2D eigenvalue weighted by molar-refractivity contribution is 0.0522. The molecule has 1 amide bonds. The Labute approximate surface area is 241 Å². The number of benzene rings is 3. The van der Waals surface area contributed by atoms with Crippen molar-refractivity contribution in [2.45, 2.75) is 51.9 Å². The van der Waals surface area contributed by atoms with Gasteiger partial charge in [-0.2, -0.15) is 0 Å². The minimum absolute atomic E-state index is 0.0608. The molecule has 7 nitrogen and oxygen atoms in total. The second-order valence-corrected chi connectivity index (χ2v) is 11.5. The molecule has 8 heteroatoms. The quantitative estimate of drug-likeness (QED) is 0.308. The summed E-state index contributed by atoms with van der Waals surface area (Å²) in [5.41, 5.74) is 4.58. The average Bonchev–Trinajstić information content (AvgIpc) is 2.95. The molecule has 0 radical (unpaired) electrons. The molecule has 3 aromatic carbocycles.